The third kappa shape index (κ3) is 5.06. The van der Waals surface area contributed by atoms with Crippen LogP contribution >= 0.6 is 0 Å². The van der Waals surface area contributed by atoms with Gasteiger partial charge in [0.15, 0.2) is 0 Å². The Labute approximate surface area is 163 Å². The highest BCUT2D eigenvalue weighted by Crippen LogP contribution is 2.32. The zero-order chi connectivity index (χ0) is 20.1. The fourth-order valence-corrected chi connectivity index (χ4v) is 3.93. The molecule has 1 aromatic heterocycles. The Morgan fingerprint density at radius 3 is 2.75 bits per heavy atom. The SMILES string of the molecule is CCCO[C@@H]1CC[C@H](C(=O)N2CCC(F)(F)CC2)C[C@H]1NC(=O)c1cn[nH]c1. The van der Waals surface area contributed by atoms with E-state index in [0.29, 0.717) is 31.4 Å². The largest absolute Gasteiger partial charge is 0.376 e. The number of H-pyrrole nitrogens is 1. The maximum absolute atomic E-state index is 13.4. The Morgan fingerprint density at radius 1 is 1.36 bits per heavy atom. The molecule has 1 aromatic rings. The van der Waals surface area contributed by atoms with Crippen LogP contribution in [0, 0.1) is 5.92 Å². The summed E-state index contributed by atoms with van der Waals surface area (Å²) in [5.41, 5.74) is 0.418. The van der Waals surface area contributed by atoms with Gasteiger partial charge >= 0.3 is 0 Å². The van der Waals surface area contributed by atoms with Crippen LogP contribution in [-0.4, -0.2) is 64.7 Å². The Kier molecular flexibility index (Phi) is 6.64. The number of nitrogens with one attached hydrogen (secondary N) is 2. The predicted octanol–water partition coefficient (Wildman–Crippen LogP) is 2.36. The van der Waals surface area contributed by atoms with Crippen molar-refractivity contribution >= 4 is 11.8 Å². The van der Waals surface area contributed by atoms with Crippen molar-refractivity contribution in [3.8, 4) is 0 Å². The molecule has 3 rings (SSSR count). The van der Waals surface area contributed by atoms with Crippen LogP contribution < -0.4 is 5.32 Å². The van der Waals surface area contributed by atoms with Gasteiger partial charge in [0.25, 0.3) is 11.8 Å². The van der Waals surface area contributed by atoms with Crippen LogP contribution in [0.25, 0.3) is 0 Å². The lowest BCUT2D eigenvalue weighted by molar-refractivity contribution is -0.144. The van der Waals surface area contributed by atoms with Gasteiger partial charge < -0.3 is 15.0 Å². The van der Waals surface area contributed by atoms with Crippen molar-refractivity contribution in [2.24, 2.45) is 5.92 Å². The molecule has 0 bridgehead atoms. The third-order valence-corrected chi connectivity index (χ3v) is 5.56. The van der Waals surface area contributed by atoms with Crippen LogP contribution in [0.3, 0.4) is 0 Å². The summed E-state index contributed by atoms with van der Waals surface area (Å²) in [6.45, 7) is 2.78. The molecule has 0 aromatic carbocycles. The van der Waals surface area contributed by atoms with Crippen molar-refractivity contribution < 1.29 is 23.1 Å². The Bertz CT molecular complexity index is 658. The van der Waals surface area contributed by atoms with Crippen molar-refractivity contribution in [1.29, 1.82) is 0 Å². The number of nitrogens with zero attached hydrogens (tertiary/aromatic N) is 2. The highest BCUT2D eigenvalue weighted by Gasteiger charge is 2.40. The maximum atomic E-state index is 13.4. The van der Waals surface area contributed by atoms with E-state index in [2.05, 4.69) is 15.5 Å². The summed E-state index contributed by atoms with van der Waals surface area (Å²) in [4.78, 5) is 26.8. The van der Waals surface area contributed by atoms with E-state index < -0.39 is 5.92 Å². The van der Waals surface area contributed by atoms with E-state index in [1.807, 2.05) is 6.92 Å². The summed E-state index contributed by atoms with van der Waals surface area (Å²) >= 11 is 0. The first-order valence-corrected chi connectivity index (χ1v) is 9.97. The number of carbonyl (C=O) groups is 2. The van der Waals surface area contributed by atoms with Gasteiger partial charge in [0.1, 0.15) is 0 Å². The average Bonchev–Trinajstić information content (AvgIpc) is 3.21. The topological polar surface area (TPSA) is 87.3 Å². The number of likely N-dealkylation sites (tertiary alicyclic amines) is 1. The molecule has 1 aliphatic heterocycles. The molecule has 9 heteroatoms. The molecule has 0 radical (unpaired) electrons. The zero-order valence-electron chi connectivity index (χ0n) is 16.1. The molecular weight excluding hydrogens is 370 g/mol. The van der Waals surface area contributed by atoms with Crippen molar-refractivity contribution in [3.05, 3.63) is 18.0 Å². The molecule has 2 heterocycles. The molecule has 2 amide bonds. The molecular formula is C19H28F2N4O3. The van der Waals surface area contributed by atoms with Crippen LogP contribution in [0.5, 0.6) is 0 Å². The van der Waals surface area contributed by atoms with E-state index in [1.54, 1.807) is 4.90 Å². The van der Waals surface area contributed by atoms with E-state index >= 15 is 0 Å². The van der Waals surface area contributed by atoms with Gasteiger partial charge in [-0.05, 0) is 25.7 Å². The summed E-state index contributed by atoms with van der Waals surface area (Å²) in [5, 5.41) is 9.35. The van der Waals surface area contributed by atoms with E-state index in [4.69, 9.17) is 4.74 Å². The fourth-order valence-electron chi connectivity index (χ4n) is 3.93. The van der Waals surface area contributed by atoms with Crippen molar-refractivity contribution in [3.63, 3.8) is 0 Å². The highest BCUT2D eigenvalue weighted by molar-refractivity contribution is 5.94. The second-order valence-electron chi connectivity index (χ2n) is 7.67. The van der Waals surface area contributed by atoms with Crippen molar-refractivity contribution in [1.82, 2.24) is 20.4 Å². The van der Waals surface area contributed by atoms with Gasteiger partial charge in [0.2, 0.25) is 5.91 Å². The molecule has 28 heavy (non-hydrogen) atoms. The van der Waals surface area contributed by atoms with Gasteiger partial charge in [-0.1, -0.05) is 6.92 Å². The monoisotopic (exact) mass is 398 g/mol. The van der Waals surface area contributed by atoms with Gasteiger partial charge in [-0.25, -0.2) is 8.78 Å². The van der Waals surface area contributed by atoms with E-state index in [0.717, 1.165) is 6.42 Å². The van der Waals surface area contributed by atoms with Crippen LogP contribution in [0.4, 0.5) is 8.78 Å². The number of aromatic amines is 1. The molecule has 7 nitrogen and oxygen atoms in total. The molecule has 2 N–H and O–H groups in total. The van der Waals surface area contributed by atoms with E-state index in [9.17, 15) is 18.4 Å². The van der Waals surface area contributed by atoms with E-state index in [-0.39, 0.29) is 55.8 Å². The number of hydrogen-bond donors (Lipinski definition) is 2. The molecule has 156 valence electrons. The Balaban J connectivity index is 1.63. The molecule has 1 aliphatic carbocycles. The number of amides is 2. The average molecular weight is 398 g/mol. The number of hydrogen-bond acceptors (Lipinski definition) is 4. The summed E-state index contributed by atoms with van der Waals surface area (Å²) in [6, 6.07) is -0.303. The van der Waals surface area contributed by atoms with Gasteiger partial charge in [0.05, 0.1) is 23.9 Å². The van der Waals surface area contributed by atoms with E-state index in [1.165, 1.54) is 12.4 Å². The number of halogens is 2. The zero-order valence-corrected chi connectivity index (χ0v) is 16.1. The number of piperidine rings is 1. The number of ether oxygens (including phenoxy) is 1. The third-order valence-electron chi connectivity index (χ3n) is 5.56. The lowest BCUT2D eigenvalue weighted by Crippen LogP contribution is -2.52. The van der Waals surface area contributed by atoms with Gasteiger partial charge in [-0.2, -0.15) is 5.10 Å². The predicted molar refractivity (Wildman–Crippen MR) is 98.0 cm³/mol. The molecule has 0 spiro atoms. The lowest BCUT2D eigenvalue weighted by atomic mass is 9.82. The molecule has 0 unspecified atom stereocenters. The minimum Gasteiger partial charge on any atom is -0.376 e. The summed E-state index contributed by atoms with van der Waals surface area (Å²) in [7, 11) is 0. The maximum Gasteiger partial charge on any atom is 0.254 e. The minimum absolute atomic E-state index is 0.0874. The molecule has 1 saturated carbocycles. The minimum atomic E-state index is -2.68. The second-order valence-corrected chi connectivity index (χ2v) is 7.67. The molecule has 2 aliphatic rings. The van der Waals surface area contributed by atoms with Gasteiger partial charge in [-0.15, -0.1) is 0 Å². The molecule has 3 atom stereocenters. The fraction of sp³-hybridized carbons (Fsp3) is 0.737. The summed E-state index contributed by atoms with van der Waals surface area (Å²) in [5.74, 6) is -3.33. The Morgan fingerprint density at radius 2 is 2.11 bits per heavy atom. The number of alkyl halides is 2. The number of carbonyl (C=O) groups excluding carboxylic acids is 2. The number of rotatable bonds is 6. The quantitative estimate of drug-likeness (QED) is 0.770. The summed E-state index contributed by atoms with van der Waals surface area (Å²) in [6.07, 6.45) is 4.82. The van der Waals surface area contributed by atoms with Crippen molar-refractivity contribution in [2.75, 3.05) is 19.7 Å². The second kappa shape index (κ2) is 8.98. The summed E-state index contributed by atoms with van der Waals surface area (Å²) < 4.78 is 32.7. The molecule has 2 fully saturated rings. The first-order chi connectivity index (χ1) is 13.4. The van der Waals surface area contributed by atoms with Crippen LogP contribution in [0.1, 0.15) is 55.8 Å². The first-order valence-electron chi connectivity index (χ1n) is 9.97. The molecule has 1 saturated heterocycles. The standard InChI is InChI=1S/C19H28F2N4O3/c1-2-9-28-16-4-3-13(18(27)25-7-5-19(20,21)6-8-25)10-15(16)24-17(26)14-11-22-23-12-14/h11-13,15-16H,2-10H2,1H3,(H,22,23)(H,24,26)/t13-,15+,16+/m0/s1. The smallest absolute Gasteiger partial charge is 0.254 e. The highest BCUT2D eigenvalue weighted by atomic mass is 19.3. The normalized spacial score (nSPS) is 27.4. The first kappa shape index (κ1) is 20.7. The lowest BCUT2D eigenvalue weighted by Gasteiger charge is -2.39. The Hall–Kier alpha value is -2.03. The van der Waals surface area contributed by atoms with Gasteiger partial charge in [-0.3, -0.25) is 14.7 Å². The van der Waals surface area contributed by atoms with Crippen molar-refractivity contribution in [2.45, 2.75) is 63.5 Å². The van der Waals surface area contributed by atoms with Gasteiger partial charge in [0, 0.05) is 44.7 Å². The van der Waals surface area contributed by atoms with Crippen LogP contribution in [-0.2, 0) is 9.53 Å². The van der Waals surface area contributed by atoms with Crippen LogP contribution in [0.2, 0.25) is 0 Å². The number of aromatic nitrogens is 2. The van der Waals surface area contributed by atoms with Crippen LogP contribution in [0.15, 0.2) is 12.4 Å².